The lowest BCUT2D eigenvalue weighted by Crippen LogP contribution is -2.46. The normalized spacial score (nSPS) is 21.9. The van der Waals surface area contributed by atoms with Crippen LogP contribution < -0.4 is 10.1 Å². The number of piperidine rings is 1. The first-order valence-electron chi connectivity index (χ1n) is 11.3. The Labute approximate surface area is 186 Å². The van der Waals surface area contributed by atoms with Gasteiger partial charge in [-0.15, -0.1) is 0 Å². The quantitative estimate of drug-likeness (QED) is 0.739. The van der Waals surface area contributed by atoms with Gasteiger partial charge in [-0.2, -0.15) is 5.10 Å². The Morgan fingerprint density at radius 1 is 1.16 bits per heavy atom. The van der Waals surface area contributed by atoms with Crippen LogP contribution >= 0.6 is 0 Å². The number of hydrogen-bond acceptors (Lipinski definition) is 5. The molecule has 2 aromatic rings. The van der Waals surface area contributed by atoms with Crippen LogP contribution in [0.2, 0.25) is 0 Å². The SMILES string of the molecule is COc1cc(-c2cc(C(=O)N3CCC(C(=O)N[C@H]4CC[C@H](C)CC4)CC3)n[nH]2)c(F)cn1. The number of carbonyl (C=O) groups excluding carboxylic acids is 2. The fourth-order valence-electron chi connectivity index (χ4n) is 4.54. The average Bonchev–Trinajstić information content (AvgIpc) is 3.30. The van der Waals surface area contributed by atoms with Crippen molar-refractivity contribution in [2.75, 3.05) is 20.2 Å². The molecule has 2 amide bonds. The highest BCUT2D eigenvalue weighted by atomic mass is 19.1. The van der Waals surface area contributed by atoms with Crippen molar-refractivity contribution >= 4 is 11.8 Å². The summed E-state index contributed by atoms with van der Waals surface area (Å²) in [6.45, 7) is 3.26. The summed E-state index contributed by atoms with van der Waals surface area (Å²) >= 11 is 0. The van der Waals surface area contributed by atoms with Gasteiger partial charge in [0, 0.05) is 36.7 Å². The lowest BCUT2D eigenvalue weighted by atomic mass is 9.86. The van der Waals surface area contributed by atoms with Crippen LogP contribution in [0.25, 0.3) is 11.3 Å². The van der Waals surface area contributed by atoms with E-state index >= 15 is 0 Å². The minimum absolute atomic E-state index is 0.0634. The second-order valence-electron chi connectivity index (χ2n) is 8.91. The van der Waals surface area contributed by atoms with Gasteiger partial charge in [-0.3, -0.25) is 14.7 Å². The van der Waals surface area contributed by atoms with Gasteiger partial charge in [0.15, 0.2) is 11.5 Å². The molecule has 0 spiro atoms. The first-order chi connectivity index (χ1) is 15.4. The molecule has 2 N–H and O–H groups in total. The molecule has 2 fully saturated rings. The van der Waals surface area contributed by atoms with Crippen LogP contribution in [-0.2, 0) is 4.79 Å². The first-order valence-corrected chi connectivity index (χ1v) is 11.3. The summed E-state index contributed by atoms with van der Waals surface area (Å²) in [4.78, 5) is 31.1. The van der Waals surface area contributed by atoms with Crippen molar-refractivity contribution in [3.05, 3.63) is 29.8 Å². The van der Waals surface area contributed by atoms with Crippen LogP contribution in [0, 0.1) is 17.7 Å². The summed E-state index contributed by atoms with van der Waals surface area (Å²) in [6, 6.07) is 3.27. The van der Waals surface area contributed by atoms with Crippen LogP contribution in [0.5, 0.6) is 5.88 Å². The number of amides is 2. The number of nitrogens with one attached hydrogen (secondary N) is 2. The lowest BCUT2D eigenvalue weighted by molar-refractivity contribution is -0.127. The van der Waals surface area contributed by atoms with Gasteiger partial charge < -0.3 is 15.0 Å². The molecule has 1 saturated carbocycles. The summed E-state index contributed by atoms with van der Waals surface area (Å²) in [5, 5.41) is 10.0. The van der Waals surface area contributed by atoms with E-state index in [-0.39, 0.29) is 40.9 Å². The Kier molecular flexibility index (Phi) is 6.72. The van der Waals surface area contributed by atoms with E-state index in [9.17, 15) is 14.0 Å². The molecule has 8 nitrogen and oxygen atoms in total. The third kappa shape index (κ3) is 4.92. The Balaban J connectivity index is 1.33. The van der Waals surface area contributed by atoms with Crippen molar-refractivity contribution in [3.8, 4) is 17.1 Å². The van der Waals surface area contributed by atoms with Crippen LogP contribution in [0.15, 0.2) is 18.3 Å². The standard InChI is InChI=1S/C23H30FN5O3/c1-14-3-5-16(6-4-14)26-22(30)15-7-9-29(10-8-15)23(31)20-12-19(27-28-20)17-11-21(32-2)25-13-18(17)24/h11-16H,3-10H2,1-2H3,(H,26,30)(H,27,28)/t14-,16-. The van der Waals surface area contributed by atoms with Crippen molar-refractivity contribution in [2.24, 2.45) is 11.8 Å². The maximum atomic E-state index is 14.2. The van der Waals surface area contributed by atoms with Crippen LogP contribution in [-0.4, -0.2) is 58.1 Å². The Hall–Kier alpha value is -2.97. The molecule has 0 radical (unpaired) electrons. The summed E-state index contributed by atoms with van der Waals surface area (Å²) in [7, 11) is 1.45. The number of likely N-dealkylation sites (tertiary alicyclic amines) is 1. The van der Waals surface area contributed by atoms with E-state index in [4.69, 9.17) is 4.74 Å². The second kappa shape index (κ2) is 9.67. The molecule has 0 bridgehead atoms. The smallest absolute Gasteiger partial charge is 0.274 e. The van der Waals surface area contributed by atoms with E-state index in [1.807, 2.05) is 0 Å². The third-order valence-electron chi connectivity index (χ3n) is 6.64. The zero-order chi connectivity index (χ0) is 22.7. The van der Waals surface area contributed by atoms with Gasteiger partial charge in [0.05, 0.1) is 19.0 Å². The van der Waals surface area contributed by atoms with Crippen molar-refractivity contribution in [1.29, 1.82) is 0 Å². The number of aromatic nitrogens is 3. The molecule has 4 rings (SSSR count). The number of nitrogens with zero attached hydrogens (tertiary/aromatic N) is 3. The number of methoxy groups -OCH3 is 1. The molecule has 3 heterocycles. The molecule has 1 aliphatic heterocycles. The van der Waals surface area contributed by atoms with E-state index in [0.29, 0.717) is 31.6 Å². The molecule has 0 aromatic carbocycles. The van der Waals surface area contributed by atoms with E-state index in [2.05, 4.69) is 27.4 Å². The maximum Gasteiger partial charge on any atom is 0.274 e. The lowest BCUT2D eigenvalue weighted by Gasteiger charge is -2.33. The van der Waals surface area contributed by atoms with E-state index in [1.165, 1.54) is 32.1 Å². The predicted octanol–water partition coefficient (Wildman–Crippen LogP) is 3.17. The van der Waals surface area contributed by atoms with Crippen LogP contribution in [0.4, 0.5) is 4.39 Å². The molecule has 0 atom stereocenters. The van der Waals surface area contributed by atoms with Gasteiger partial charge in [0.2, 0.25) is 11.8 Å². The number of rotatable bonds is 5. The number of halogens is 1. The molecule has 1 aliphatic carbocycles. The van der Waals surface area contributed by atoms with Crippen molar-refractivity contribution in [3.63, 3.8) is 0 Å². The van der Waals surface area contributed by atoms with Gasteiger partial charge in [-0.1, -0.05) is 6.92 Å². The Morgan fingerprint density at radius 3 is 2.56 bits per heavy atom. The fraction of sp³-hybridized carbons (Fsp3) is 0.565. The summed E-state index contributed by atoms with van der Waals surface area (Å²) in [6.07, 6.45) is 6.77. The second-order valence-corrected chi connectivity index (χ2v) is 8.91. The molecule has 172 valence electrons. The largest absolute Gasteiger partial charge is 0.481 e. The van der Waals surface area contributed by atoms with E-state index in [1.54, 1.807) is 4.90 Å². The third-order valence-corrected chi connectivity index (χ3v) is 6.64. The van der Waals surface area contributed by atoms with Crippen molar-refractivity contribution in [2.45, 2.75) is 51.5 Å². The topological polar surface area (TPSA) is 100 Å². The minimum Gasteiger partial charge on any atom is -0.481 e. The summed E-state index contributed by atoms with van der Waals surface area (Å²) < 4.78 is 19.2. The highest BCUT2D eigenvalue weighted by Crippen LogP contribution is 2.27. The minimum atomic E-state index is -0.535. The highest BCUT2D eigenvalue weighted by Gasteiger charge is 2.30. The monoisotopic (exact) mass is 443 g/mol. The number of H-pyrrole nitrogens is 1. The Morgan fingerprint density at radius 2 is 1.88 bits per heavy atom. The van der Waals surface area contributed by atoms with Crippen LogP contribution in [0.3, 0.4) is 0 Å². The zero-order valence-corrected chi connectivity index (χ0v) is 18.6. The Bertz CT molecular complexity index is 962. The average molecular weight is 444 g/mol. The molecule has 1 saturated heterocycles. The number of pyridine rings is 1. The van der Waals surface area contributed by atoms with Gasteiger partial charge in [0.25, 0.3) is 5.91 Å². The van der Waals surface area contributed by atoms with Crippen LogP contribution in [0.1, 0.15) is 55.9 Å². The van der Waals surface area contributed by atoms with Crippen molar-refractivity contribution in [1.82, 2.24) is 25.4 Å². The van der Waals surface area contributed by atoms with Gasteiger partial charge in [0.1, 0.15) is 0 Å². The van der Waals surface area contributed by atoms with E-state index < -0.39 is 5.82 Å². The molecule has 32 heavy (non-hydrogen) atoms. The molecular weight excluding hydrogens is 413 g/mol. The molecule has 2 aliphatic rings. The predicted molar refractivity (Wildman–Crippen MR) is 117 cm³/mol. The number of ether oxygens (including phenoxy) is 1. The molecule has 2 aromatic heterocycles. The van der Waals surface area contributed by atoms with Gasteiger partial charge >= 0.3 is 0 Å². The number of carbonyl (C=O) groups is 2. The first kappa shape index (κ1) is 22.2. The van der Waals surface area contributed by atoms with Gasteiger partial charge in [-0.25, -0.2) is 9.37 Å². The zero-order valence-electron chi connectivity index (χ0n) is 18.6. The molecule has 9 heteroatoms. The maximum absolute atomic E-state index is 14.2. The summed E-state index contributed by atoms with van der Waals surface area (Å²) in [5.74, 6) is 0.304. The number of aromatic amines is 1. The molecular formula is C23H30FN5O3. The highest BCUT2D eigenvalue weighted by molar-refractivity contribution is 5.93. The van der Waals surface area contributed by atoms with E-state index in [0.717, 1.165) is 25.0 Å². The molecule has 0 unspecified atom stereocenters. The van der Waals surface area contributed by atoms with Crippen molar-refractivity contribution < 1.29 is 18.7 Å². The number of hydrogen-bond donors (Lipinski definition) is 2. The summed E-state index contributed by atoms with van der Waals surface area (Å²) in [5.41, 5.74) is 0.827. The van der Waals surface area contributed by atoms with Gasteiger partial charge in [-0.05, 0) is 50.5 Å². The fourth-order valence-corrected chi connectivity index (χ4v) is 4.54.